The minimum absolute atomic E-state index is 0.266. The van der Waals surface area contributed by atoms with E-state index in [-0.39, 0.29) is 5.91 Å². The Bertz CT molecular complexity index is 506. The highest BCUT2D eigenvalue weighted by molar-refractivity contribution is 14.1. The van der Waals surface area contributed by atoms with Crippen LogP contribution in [0.3, 0.4) is 0 Å². The van der Waals surface area contributed by atoms with Crippen molar-refractivity contribution in [1.82, 2.24) is 4.90 Å². The monoisotopic (exact) mass is 379 g/mol. The van der Waals surface area contributed by atoms with Gasteiger partial charge in [-0.1, -0.05) is 11.6 Å². The fraction of sp³-hybridized carbons (Fsp3) is 0.333. The summed E-state index contributed by atoms with van der Waals surface area (Å²) in [5, 5.41) is 9.56. The number of benzene rings is 1. The summed E-state index contributed by atoms with van der Waals surface area (Å²) in [5.41, 5.74) is 0.438. The van der Waals surface area contributed by atoms with Gasteiger partial charge in [-0.25, -0.2) is 4.79 Å². The van der Waals surface area contributed by atoms with Crippen LogP contribution in [0.15, 0.2) is 18.2 Å². The standard InChI is InChI=1S/C12H11ClINO3/c13-8-6-7(3-4-9(8)14)11(16)15-5-1-2-10(15)12(17)18/h3-4,6,10H,1-2,5H2,(H,17,18)/t10-/m1/s1. The lowest BCUT2D eigenvalue weighted by Gasteiger charge is -2.21. The molecule has 1 saturated heterocycles. The predicted octanol–water partition coefficient (Wildman–Crippen LogP) is 2.63. The minimum Gasteiger partial charge on any atom is -0.480 e. The number of carbonyl (C=O) groups excluding carboxylic acids is 1. The van der Waals surface area contributed by atoms with Crippen molar-refractivity contribution >= 4 is 46.1 Å². The second-order valence-electron chi connectivity index (χ2n) is 4.12. The molecule has 0 saturated carbocycles. The van der Waals surface area contributed by atoms with Crippen LogP contribution in [0, 0.1) is 3.57 Å². The average molecular weight is 380 g/mol. The first-order chi connectivity index (χ1) is 8.50. The molecule has 1 aromatic rings. The molecule has 0 radical (unpaired) electrons. The molecule has 6 heteroatoms. The largest absolute Gasteiger partial charge is 0.480 e. The van der Waals surface area contributed by atoms with Crippen LogP contribution in [0.5, 0.6) is 0 Å². The number of nitrogens with zero attached hydrogens (tertiary/aromatic N) is 1. The zero-order chi connectivity index (χ0) is 13.3. The number of likely N-dealkylation sites (tertiary alicyclic amines) is 1. The Hall–Kier alpha value is -0.820. The van der Waals surface area contributed by atoms with E-state index in [0.717, 1.165) is 9.99 Å². The summed E-state index contributed by atoms with van der Waals surface area (Å²) in [5.74, 6) is -1.21. The van der Waals surface area contributed by atoms with Crippen LogP contribution in [-0.2, 0) is 4.79 Å². The topological polar surface area (TPSA) is 57.6 Å². The van der Waals surface area contributed by atoms with E-state index in [2.05, 4.69) is 22.6 Å². The van der Waals surface area contributed by atoms with E-state index in [1.807, 2.05) is 0 Å². The van der Waals surface area contributed by atoms with E-state index in [1.54, 1.807) is 18.2 Å². The van der Waals surface area contributed by atoms with Crippen LogP contribution in [0.4, 0.5) is 0 Å². The van der Waals surface area contributed by atoms with E-state index >= 15 is 0 Å². The fourth-order valence-corrected chi connectivity index (χ4v) is 2.58. The van der Waals surface area contributed by atoms with Gasteiger partial charge in [0.25, 0.3) is 5.91 Å². The van der Waals surface area contributed by atoms with Gasteiger partial charge in [0, 0.05) is 15.7 Å². The molecular weight excluding hydrogens is 368 g/mol. The zero-order valence-corrected chi connectivity index (χ0v) is 12.3. The van der Waals surface area contributed by atoms with Gasteiger partial charge >= 0.3 is 5.97 Å². The summed E-state index contributed by atoms with van der Waals surface area (Å²) in [7, 11) is 0. The molecule has 0 bridgehead atoms. The summed E-state index contributed by atoms with van der Waals surface area (Å²) in [6.07, 6.45) is 1.24. The molecule has 4 nitrogen and oxygen atoms in total. The molecule has 96 valence electrons. The van der Waals surface area contributed by atoms with Gasteiger partial charge in [0.15, 0.2) is 0 Å². The smallest absolute Gasteiger partial charge is 0.326 e. The first-order valence-corrected chi connectivity index (χ1v) is 6.95. The molecule has 1 amide bonds. The Morgan fingerprint density at radius 3 is 2.78 bits per heavy atom. The fourth-order valence-electron chi connectivity index (χ4n) is 2.06. The van der Waals surface area contributed by atoms with Crippen molar-refractivity contribution in [3.63, 3.8) is 0 Å². The van der Waals surface area contributed by atoms with E-state index < -0.39 is 12.0 Å². The zero-order valence-electron chi connectivity index (χ0n) is 9.40. The highest BCUT2D eigenvalue weighted by Gasteiger charge is 2.34. The lowest BCUT2D eigenvalue weighted by atomic mass is 10.1. The normalized spacial score (nSPS) is 19.0. The third kappa shape index (κ3) is 2.61. The van der Waals surface area contributed by atoms with Gasteiger partial charge in [0.05, 0.1) is 5.02 Å². The number of amides is 1. The number of carbonyl (C=O) groups is 2. The quantitative estimate of drug-likeness (QED) is 0.804. The van der Waals surface area contributed by atoms with Gasteiger partial charge in [0.2, 0.25) is 0 Å². The van der Waals surface area contributed by atoms with E-state index in [0.29, 0.717) is 23.6 Å². The van der Waals surface area contributed by atoms with Gasteiger partial charge < -0.3 is 10.0 Å². The molecule has 1 heterocycles. The van der Waals surface area contributed by atoms with Gasteiger partial charge in [-0.2, -0.15) is 0 Å². The van der Waals surface area contributed by atoms with E-state index in [1.165, 1.54) is 4.90 Å². The maximum Gasteiger partial charge on any atom is 0.326 e. The molecular formula is C12H11ClINO3. The molecule has 0 spiro atoms. The van der Waals surface area contributed by atoms with Crippen LogP contribution < -0.4 is 0 Å². The Balaban J connectivity index is 2.25. The Kier molecular flexibility index (Phi) is 4.11. The van der Waals surface area contributed by atoms with Crippen molar-refractivity contribution in [2.75, 3.05) is 6.54 Å². The first kappa shape index (κ1) is 13.6. The van der Waals surface area contributed by atoms with Gasteiger partial charge in [0.1, 0.15) is 6.04 Å². The summed E-state index contributed by atoms with van der Waals surface area (Å²) in [6, 6.07) is 4.30. The lowest BCUT2D eigenvalue weighted by Crippen LogP contribution is -2.40. The third-order valence-electron chi connectivity index (χ3n) is 2.97. The van der Waals surface area contributed by atoms with Crippen molar-refractivity contribution in [2.45, 2.75) is 18.9 Å². The highest BCUT2D eigenvalue weighted by atomic mass is 127. The van der Waals surface area contributed by atoms with Gasteiger partial charge in [-0.15, -0.1) is 0 Å². The predicted molar refractivity (Wildman–Crippen MR) is 75.9 cm³/mol. The number of carboxylic acids is 1. The number of rotatable bonds is 2. The highest BCUT2D eigenvalue weighted by Crippen LogP contribution is 2.24. The molecule has 1 aromatic carbocycles. The first-order valence-electron chi connectivity index (χ1n) is 5.49. The molecule has 1 atom stereocenters. The minimum atomic E-state index is -0.947. The summed E-state index contributed by atoms with van der Waals surface area (Å²) in [6.45, 7) is 0.486. The molecule has 0 unspecified atom stereocenters. The SMILES string of the molecule is O=C(O)[C@H]1CCCN1C(=O)c1ccc(I)c(Cl)c1. The van der Waals surface area contributed by atoms with Crippen LogP contribution in [0.1, 0.15) is 23.2 Å². The van der Waals surface area contributed by atoms with Crippen LogP contribution >= 0.6 is 34.2 Å². The molecule has 1 aliphatic heterocycles. The number of hydrogen-bond acceptors (Lipinski definition) is 2. The molecule has 1 N–H and O–H groups in total. The molecule has 18 heavy (non-hydrogen) atoms. The maximum atomic E-state index is 12.2. The number of hydrogen-bond donors (Lipinski definition) is 1. The Labute approximate surface area is 123 Å². The maximum absolute atomic E-state index is 12.2. The van der Waals surface area contributed by atoms with Crippen LogP contribution in [0.25, 0.3) is 0 Å². The second kappa shape index (κ2) is 5.44. The summed E-state index contributed by atoms with van der Waals surface area (Å²) >= 11 is 8.05. The van der Waals surface area contributed by atoms with Gasteiger partial charge in [-0.3, -0.25) is 4.79 Å². The molecule has 1 aliphatic rings. The summed E-state index contributed by atoms with van der Waals surface area (Å²) in [4.78, 5) is 24.7. The van der Waals surface area contributed by atoms with Crippen molar-refractivity contribution in [3.8, 4) is 0 Å². The molecule has 2 rings (SSSR count). The van der Waals surface area contributed by atoms with E-state index in [4.69, 9.17) is 16.7 Å². The number of halogens is 2. The third-order valence-corrected chi connectivity index (χ3v) is 4.54. The number of aliphatic carboxylic acids is 1. The Morgan fingerprint density at radius 1 is 1.44 bits per heavy atom. The van der Waals surface area contributed by atoms with E-state index in [9.17, 15) is 9.59 Å². The van der Waals surface area contributed by atoms with Gasteiger partial charge in [-0.05, 0) is 53.6 Å². The second-order valence-corrected chi connectivity index (χ2v) is 5.69. The van der Waals surface area contributed by atoms with Crippen LogP contribution in [-0.4, -0.2) is 34.5 Å². The lowest BCUT2D eigenvalue weighted by molar-refractivity contribution is -0.141. The molecule has 0 aromatic heterocycles. The summed E-state index contributed by atoms with van der Waals surface area (Å²) < 4.78 is 0.863. The number of carboxylic acid groups (broad SMARTS) is 1. The molecule has 0 aliphatic carbocycles. The van der Waals surface area contributed by atoms with Crippen LogP contribution in [0.2, 0.25) is 5.02 Å². The van der Waals surface area contributed by atoms with Crippen molar-refractivity contribution in [3.05, 3.63) is 32.4 Å². The Morgan fingerprint density at radius 2 is 2.17 bits per heavy atom. The average Bonchev–Trinajstić information content (AvgIpc) is 2.81. The molecule has 1 fully saturated rings. The van der Waals surface area contributed by atoms with Crippen molar-refractivity contribution in [1.29, 1.82) is 0 Å². The van der Waals surface area contributed by atoms with Crippen molar-refractivity contribution < 1.29 is 14.7 Å². The van der Waals surface area contributed by atoms with Crippen molar-refractivity contribution in [2.24, 2.45) is 0 Å².